The monoisotopic (exact) mass is 304 g/mol. The summed E-state index contributed by atoms with van der Waals surface area (Å²) in [5.41, 5.74) is -0.0376. The van der Waals surface area contributed by atoms with Gasteiger partial charge in [0.25, 0.3) is 0 Å². The maximum Gasteiger partial charge on any atom is 0.191 e. The largest absolute Gasteiger partial charge is 0.357 e. The molecule has 1 fully saturated rings. The lowest BCUT2D eigenvalue weighted by molar-refractivity contribution is 0.204. The minimum atomic E-state index is -2.87. The number of hydrogen-bond donors (Lipinski definition) is 2. The second-order valence-electron chi connectivity index (χ2n) is 6.15. The average Bonchev–Trinajstić information content (AvgIpc) is 2.66. The van der Waals surface area contributed by atoms with Gasteiger partial charge >= 0.3 is 0 Å². The molecule has 20 heavy (non-hydrogen) atoms. The van der Waals surface area contributed by atoms with Crippen LogP contribution in [0, 0.1) is 0 Å². The molecule has 118 valence electrons. The van der Waals surface area contributed by atoms with Gasteiger partial charge in [-0.2, -0.15) is 0 Å². The Balaban J connectivity index is 2.65. The molecule has 1 unspecified atom stereocenters. The Morgan fingerprint density at radius 2 is 2.05 bits per heavy atom. The summed E-state index contributed by atoms with van der Waals surface area (Å²) in [5.74, 6) is 1.17. The minimum absolute atomic E-state index is 0.0275. The zero-order valence-electron chi connectivity index (χ0n) is 13.2. The third-order valence-corrected chi connectivity index (χ3v) is 5.52. The van der Waals surface area contributed by atoms with Gasteiger partial charge in [0.15, 0.2) is 15.8 Å². The fourth-order valence-electron chi connectivity index (χ4n) is 1.84. The number of hydrogen-bond acceptors (Lipinski definition) is 4. The smallest absolute Gasteiger partial charge is 0.191 e. The van der Waals surface area contributed by atoms with Crippen molar-refractivity contribution in [3.63, 3.8) is 0 Å². The molecule has 0 saturated carbocycles. The summed E-state index contributed by atoms with van der Waals surface area (Å²) >= 11 is 0. The Hall–Kier alpha value is -0.820. The van der Waals surface area contributed by atoms with Crippen molar-refractivity contribution in [3.8, 4) is 0 Å². The molecule has 0 aromatic rings. The molecular weight excluding hydrogens is 276 g/mol. The Kier molecular flexibility index (Phi) is 5.82. The highest BCUT2D eigenvalue weighted by molar-refractivity contribution is 7.91. The third-order valence-electron chi connectivity index (χ3n) is 3.75. The molecule has 1 rings (SSSR count). The van der Waals surface area contributed by atoms with E-state index in [1.54, 1.807) is 0 Å². The van der Waals surface area contributed by atoms with Gasteiger partial charge in [0.2, 0.25) is 0 Å². The average molecular weight is 304 g/mol. The first-order valence-corrected chi connectivity index (χ1v) is 8.91. The normalized spacial score (nSPS) is 23.1. The highest BCUT2D eigenvalue weighted by atomic mass is 32.2. The van der Waals surface area contributed by atoms with E-state index in [1.165, 1.54) is 0 Å². The van der Waals surface area contributed by atoms with Gasteiger partial charge in [-0.1, -0.05) is 0 Å². The van der Waals surface area contributed by atoms with E-state index in [-0.39, 0.29) is 23.1 Å². The lowest BCUT2D eigenvalue weighted by Gasteiger charge is -2.31. The van der Waals surface area contributed by atoms with Gasteiger partial charge in [-0.25, -0.2) is 8.42 Å². The summed E-state index contributed by atoms with van der Waals surface area (Å²) in [5, 5.41) is 6.40. The van der Waals surface area contributed by atoms with E-state index >= 15 is 0 Å². The van der Waals surface area contributed by atoms with Crippen LogP contribution in [0.4, 0.5) is 0 Å². The Morgan fingerprint density at radius 1 is 1.40 bits per heavy atom. The van der Waals surface area contributed by atoms with Crippen molar-refractivity contribution in [2.75, 3.05) is 38.7 Å². The van der Waals surface area contributed by atoms with Crippen LogP contribution in [0.2, 0.25) is 0 Å². The van der Waals surface area contributed by atoms with E-state index in [4.69, 9.17) is 0 Å². The van der Waals surface area contributed by atoms with Crippen molar-refractivity contribution in [2.24, 2.45) is 4.99 Å². The predicted octanol–water partition coefficient (Wildman–Crippen LogP) is 0.0688. The number of aliphatic imine (C=N–C) groups is 1. The standard InChI is InChI=1S/C13H28N4O2S/c1-6-14-12(15-10-13(2,3)17(4)5)16-11-7-8-20(18,19)9-11/h11H,6-10H2,1-5H3,(H2,14,15,16). The zero-order chi connectivity index (χ0) is 15.4. The summed E-state index contributed by atoms with van der Waals surface area (Å²) in [4.78, 5) is 6.70. The predicted molar refractivity (Wildman–Crippen MR) is 83.9 cm³/mol. The molecule has 7 heteroatoms. The molecule has 1 heterocycles. The SMILES string of the molecule is CCNC(=NCC(C)(C)N(C)C)NC1CCS(=O)(=O)C1. The van der Waals surface area contributed by atoms with E-state index in [0.717, 1.165) is 6.54 Å². The van der Waals surface area contributed by atoms with Crippen LogP contribution in [0.3, 0.4) is 0 Å². The Labute approximate surface area is 122 Å². The van der Waals surface area contributed by atoms with Crippen molar-refractivity contribution < 1.29 is 8.42 Å². The van der Waals surface area contributed by atoms with Crippen molar-refractivity contribution in [2.45, 2.75) is 38.8 Å². The lowest BCUT2D eigenvalue weighted by Crippen LogP contribution is -2.46. The fourth-order valence-corrected chi connectivity index (χ4v) is 3.51. The quantitative estimate of drug-likeness (QED) is 0.555. The number of guanidine groups is 1. The summed E-state index contributed by atoms with van der Waals surface area (Å²) in [7, 11) is 1.19. The van der Waals surface area contributed by atoms with Crippen LogP contribution < -0.4 is 10.6 Å². The van der Waals surface area contributed by atoms with Crippen molar-refractivity contribution in [3.05, 3.63) is 0 Å². The van der Waals surface area contributed by atoms with Crippen LogP contribution >= 0.6 is 0 Å². The molecule has 1 aliphatic rings. The van der Waals surface area contributed by atoms with Gasteiger partial charge in [0, 0.05) is 18.1 Å². The molecule has 0 amide bonds. The second kappa shape index (κ2) is 6.76. The molecule has 0 radical (unpaired) electrons. The fraction of sp³-hybridized carbons (Fsp3) is 0.923. The van der Waals surface area contributed by atoms with E-state index in [2.05, 4.69) is 34.4 Å². The molecule has 1 atom stereocenters. The number of rotatable bonds is 5. The maximum absolute atomic E-state index is 11.5. The first-order chi connectivity index (χ1) is 9.16. The summed E-state index contributed by atoms with van der Waals surface area (Å²) in [6.07, 6.45) is 0.657. The van der Waals surface area contributed by atoms with Gasteiger partial charge in [-0.15, -0.1) is 0 Å². The van der Waals surface area contributed by atoms with Gasteiger partial charge in [0.05, 0.1) is 18.1 Å². The highest BCUT2D eigenvalue weighted by Gasteiger charge is 2.28. The lowest BCUT2D eigenvalue weighted by atomic mass is 10.1. The summed E-state index contributed by atoms with van der Waals surface area (Å²) < 4.78 is 23.0. The molecule has 2 N–H and O–H groups in total. The van der Waals surface area contributed by atoms with Crippen molar-refractivity contribution in [1.82, 2.24) is 15.5 Å². The summed E-state index contributed by atoms with van der Waals surface area (Å²) in [6, 6.07) is -0.0275. The van der Waals surface area contributed by atoms with Crippen LogP contribution in [-0.4, -0.2) is 69.5 Å². The Bertz CT molecular complexity index is 443. The van der Waals surface area contributed by atoms with E-state index in [9.17, 15) is 8.42 Å². The van der Waals surface area contributed by atoms with Crippen LogP contribution in [0.25, 0.3) is 0 Å². The first-order valence-electron chi connectivity index (χ1n) is 7.09. The van der Waals surface area contributed by atoms with Gasteiger partial charge in [-0.3, -0.25) is 4.99 Å². The topological polar surface area (TPSA) is 73.8 Å². The van der Waals surface area contributed by atoms with Crippen LogP contribution in [-0.2, 0) is 9.84 Å². The van der Waals surface area contributed by atoms with E-state index in [0.29, 0.717) is 18.9 Å². The molecule has 1 saturated heterocycles. The molecule has 0 aromatic carbocycles. The number of nitrogens with one attached hydrogen (secondary N) is 2. The van der Waals surface area contributed by atoms with Gasteiger partial charge < -0.3 is 15.5 Å². The number of nitrogens with zero attached hydrogens (tertiary/aromatic N) is 2. The summed E-state index contributed by atoms with van der Waals surface area (Å²) in [6.45, 7) is 7.66. The molecule has 0 aromatic heterocycles. The van der Waals surface area contributed by atoms with Gasteiger partial charge in [-0.05, 0) is 41.3 Å². The Morgan fingerprint density at radius 3 is 2.50 bits per heavy atom. The molecule has 0 bridgehead atoms. The van der Waals surface area contributed by atoms with Crippen LogP contribution in [0.1, 0.15) is 27.2 Å². The van der Waals surface area contributed by atoms with Gasteiger partial charge in [0.1, 0.15) is 0 Å². The molecule has 6 nitrogen and oxygen atoms in total. The van der Waals surface area contributed by atoms with Crippen molar-refractivity contribution in [1.29, 1.82) is 0 Å². The molecule has 1 aliphatic heterocycles. The molecule has 0 spiro atoms. The highest BCUT2D eigenvalue weighted by Crippen LogP contribution is 2.12. The number of sulfone groups is 1. The number of likely N-dealkylation sites (N-methyl/N-ethyl adjacent to an activating group) is 1. The first kappa shape index (κ1) is 17.2. The zero-order valence-corrected chi connectivity index (χ0v) is 14.0. The van der Waals surface area contributed by atoms with Crippen molar-refractivity contribution >= 4 is 15.8 Å². The van der Waals surface area contributed by atoms with E-state index in [1.807, 2.05) is 21.0 Å². The van der Waals surface area contributed by atoms with Crippen LogP contribution in [0.15, 0.2) is 4.99 Å². The van der Waals surface area contributed by atoms with E-state index < -0.39 is 9.84 Å². The molecule has 0 aliphatic carbocycles. The second-order valence-corrected chi connectivity index (χ2v) is 8.38. The minimum Gasteiger partial charge on any atom is -0.357 e. The van der Waals surface area contributed by atoms with Crippen LogP contribution in [0.5, 0.6) is 0 Å². The molecular formula is C13H28N4O2S. The maximum atomic E-state index is 11.5. The third kappa shape index (κ3) is 5.28.